The van der Waals surface area contributed by atoms with Crippen molar-refractivity contribution in [3.8, 4) is 5.75 Å². The van der Waals surface area contributed by atoms with Gasteiger partial charge in [0.2, 0.25) is 0 Å². The highest BCUT2D eigenvalue weighted by molar-refractivity contribution is 5.61. The van der Waals surface area contributed by atoms with Crippen LogP contribution in [-0.4, -0.2) is 16.1 Å². The zero-order valence-electron chi connectivity index (χ0n) is 8.02. The quantitative estimate of drug-likeness (QED) is 0.441. The third-order valence-electron chi connectivity index (χ3n) is 1.64. The molecule has 14 heavy (non-hydrogen) atoms. The van der Waals surface area contributed by atoms with Crippen LogP contribution < -0.4 is 5.32 Å². The Bertz CT molecular complexity index is 350. The SMILES string of the molecule is CC(C)Nc1cc([N+](=O)[O-])ccc1O. The van der Waals surface area contributed by atoms with Gasteiger partial charge in [0.1, 0.15) is 5.75 Å². The van der Waals surface area contributed by atoms with E-state index in [9.17, 15) is 15.2 Å². The zero-order valence-corrected chi connectivity index (χ0v) is 8.02. The summed E-state index contributed by atoms with van der Waals surface area (Å²) in [5, 5.41) is 22.7. The van der Waals surface area contributed by atoms with Crippen molar-refractivity contribution >= 4 is 11.4 Å². The third kappa shape index (κ3) is 2.35. The Morgan fingerprint density at radius 3 is 2.64 bits per heavy atom. The minimum atomic E-state index is -0.495. The van der Waals surface area contributed by atoms with Crippen LogP contribution in [0.5, 0.6) is 5.75 Å². The number of phenolic OH excluding ortho intramolecular Hbond substituents is 1. The van der Waals surface area contributed by atoms with Gasteiger partial charge in [-0.15, -0.1) is 0 Å². The molecule has 0 spiro atoms. The molecule has 1 rings (SSSR count). The Morgan fingerprint density at radius 1 is 1.50 bits per heavy atom. The van der Waals surface area contributed by atoms with Gasteiger partial charge in [-0.05, 0) is 19.9 Å². The average Bonchev–Trinajstić information content (AvgIpc) is 2.07. The van der Waals surface area contributed by atoms with Crippen molar-refractivity contribution in [3.63, 3.8) is 0 Å². The van der Waals surface area contributed by atoms with Crippen molar-refractivity contribution in [1.82, 2.24) is 0 Å². The van der Waals surface area contributed by atoms with E-state index in [1.54, 1.807) is 0 Å². The summed E-state index contributed by atoms with van der Waals surface area (Å²) in [6.07, 6.45) is 0. The van der Waals surface area contributed by atoms with E-state index in [2.05, 4.69) is 5.32 Å². The van der Waals surface area contributed by atoms with Gasteiger partial charge in [0, 0.05) is 18.2 Å². The Morgan fingerprint density at radius 2 is 2.14 bits per heavy atom. The van der Waals surface area contributed by atoms with Crippen LogP contribution >= 0.6 is 0 Å². The van der Waals surface area contributed by atoms with Crippen molar-refractivity contribution in [2.45, 2.75) is 19.9 Å². The number of rotatable bonds is 3. The number of phenols is 1. The lowest BCUT2D eigenvalue weighted by atomic mass is 10.2. The summed E-state index contributed by atoms with van der Waals surface area (Å²) in [4.78, 5) is 9.95. The van der Waals surface area contributed by atoms with E-state index >= 15 is 0 Å². The molecule has 0 atom stereocenters. The van der Waals surface area contributed by atoms with Crippen LogP contribution in [0.4, 0.5) is 11.4 Å². The molecule has 5 heteroatoms. The van der Waals surface area contributed by atoms with Crippen molar-refractivity contribution in [2.75, 3.05) is 5.32 Å². The van der Waals surface area contributed by atoms with Gasteiger partial charge in [-0.3, -0.25) is 10.1 Å². The standard InChI is InChI=1S/C9H12N2O3/c1-6(2)10-8-5-7(11(13)14)3-4-9(8)12/h3-6,10,12H,1-2H3. The fourth-order valence-corrected chi connectivity index (χ4v) is 1.06. The van der Waals surface area contributed by atoms with Crippen LogP contribution in [0.15, 0.2) is 18.2 Å². The van der Waals surface area contributed by atoms with Crippen LogP contribution in [0.2, 0.25) is 0 Å². The molecule has 0 bridgehead atoms. The molecule has 0 aliphatic rings. The number of benzene rings is 1. The number of anilines is 1. The lowest BCUT2D eigenvalue weighted by molar-refractivity contribution is -0.384. The third-order valence-corrected chi connectivity index (χ3v) is 1.64. The first-order valence-electron chi connectivity index (χ1n) is 4.24. The highest BCUT2D eigenvalue weighted by Crippen LogP contribution is 2.28. The first-order valence-corrected chi connectivity index (χ1v) is 4.24. The van der Waals surface area contributed by atoms with E-state index in [0.717, 1.165) is 0 Å². The molecule has 0 saturated carbocycles. The predicted molar refractivity (Wildman–Crippen MR) is 53.5 cm³/mol. The summed E-state index contributed by atoms with van der Waals surface area (Å²) in [5.74, 6) is 0.0179. The molecule has 76 valence electrons. The second-order valence-electron chi connectivity index (χ2n) is 3.26. The molecule has 0 radical (unpaired) electrons. The highest BCUT2D eigenvalue weighted by atomic mass is 16.6. The maximum Gasteiger partial charge on any atom is 0.271 e. The monoisotopic (exact) mass is 196 g/mol. The number of hydrogen-bond donors (Lipinski definition) is 2. The van der Waals surface area contributed by atoms with Crippen LogP contribution in [0.3, 0.4) is 0 Å². The number of nitrogens with one attached hydrogen (secondary N) is 1. The molecule has 0 aromatic heterocycles. The summed E-state index contributed by atoms with van der Waals surface area (Å²) in [7, 11) is 0. The number of non-ortho nitro benzene ring substituents is 1. The smallest absolute Gasteiger partial charge is 0.271 e. The number of aromatic hydroxyl groups is 1. The molecule has 1 aromatic carbocycles. The maximum atomic E-state index is 10.4. The second kappa shape index (κ2) is 3.95. The number of nitro groups is 1. The molecular weight excluding hydrogens is 184 g/mol. The number of nitro benzene ring substituents is 1. The summed E-state index contributed by atoms with van der Waals surface area (Å²) < 4.78 is 0. The van der Waals surface area contributed by atoms with Crippen LogP contribution in [-0.2, 0) is 0 Å². The average molecular weight is 196 g/mol. The van der Waals surface area contributed by atoms with Gasteiger partial charge in [-0.2, -0.15) is 0 Å². The largest absolute Gasteiger partial charge is 0.506 e. The normalized spacial score (nSPS) is 10.2. The molecule has 0 fully saturated rings. The van der Waals surface area contributed by atoms with Crippen LogP contribution in [0, 0.1) is 10.1 Å². The molecule has 1 aromatic rings. The molecule has 0 saturated heterocycles. The molecular formula is C9H12N2O3. The van der Waals surface area contributed by atoms with Crippen molar-refractivity contribution < 1.29 is 10.0 Å². The van der Waals surface area contributed by atoms with E-state index in [0.29, 0.717) is 5.69 Å². The van der Waals surface area contributed by atoms with Gasteiger partial charge in [0.25, 0.3) is 5.69 Å². The summed E-state index contributed by atoms with van der Waals surface area (Å²) in [5.41, 5.74) is 0.347. The van der Waals surface area contributed by atoms with Crippen LogP contribution in [0.25, 0.3) is 0 Å². The summed E-state index contributed by atoms with van der Waals surface area (Å²) >= 11 is 0. The van der Waals surface area contributed by atoms with Gasteiger partial charge in [-0.25, -0.2) is 0 Å². The minimum Gasteiger partial charge on any atom is -0.506 e. The maximum absolute atomic E-state index is 10.4. The Kier molecular flexibility index (Phi) is 2.91. The van der Waals surface area contributed by atoms with Gasteiger partial charge < -0.3 is 10.4 Å². The summed E-state index contributed by atoms with van der Waals surface area (Å²) in [6, 6.07) is 4.00. The molecule has 0 aliphatic heterocycles. The first kappa shape index (κ1) is 10.3. The topological polar surface area (TPSA) is 75.4 Å². The minimum absolute atomic E-state index is 0.0179. The van der Waals surface area contributed by atoms with Crippen LogP contribution in [0.1, 0.15) is 13.8 Å². The van der Waals surface area contributed by atoms with Crippen molar-refractivity contribution in [3.05, 3.63) is 28.3 Å². The lowest BCUT2D eigenvalue weighted by Crippen LogP contribution is -2.09. The molecule has 2 N–H and O–H groups in total. The van der Waals surface area contributed by atoms with E-state index in [1.807, 2.05) is 13.8 Å². The fourth-order valence-electron chi connectivity index (χ4n) is 1.06. The molecule has 0 aliphatic carbocycles. The number of nitrogens with zero attached hydrogens (tertiary/aromatic N) is 1. The van der Waals surface area contributed by atoms with E-state index in [4.69, 9.17) is 0 Å². The Labute approximate surface area is 81.5 Å². The molecule has 0 unspecified atom stereocenters. The van der Waals surface area contributed by atoms with Crippen molar-refractivity contribution in [1.29, 1.82) is 0 Å². The van der Waals surface area contributed by atoms with Gasteiger partial charge >= 0.3 is 0 Å². The summed E-state index contributed by atoms with van der Waals surface area (Å²) in [6.45, 7) is 3.77. The predicted octanol–water partition coefficient (Wildman–Crippen LogP) is 2.12. The lowest BCUT2D eigenvalue weighted by Gasteiger charge is -2.10. The van der Waals surface area contributed by atoms with E-state index in [1.165, 1.54) is 18.2 Å². The Balaban J connectivity index is 3.02. The van der Waals surface area contributed by atoms with E-state index < -0.39 is 4.92 Å². The van der Waals surface area contributed by atoms with Crippen molar-refractivity contribution in [2.24, 2.45) is 0 Å². The van der Waals surface area contributed by atoms with E-state index in [-0.39, 0.29) is 17.5 Å². The molecule has 0 heterocycles. The molecule has 0 amide bonds. The Hall–Kier alpha value is -1.78. The fraction of sp³-hybridized carbons (Fsp3) is 0.333. The number of hydrogen-bond acceptors (Lipinski definition) is 4. The second-order valence-corrected chi connectivity index (χ2v) is 3.26. The zero-order chi connectivity index (χ0) is 10.7. The van der Waals surface area contributed by atoms with Gasteiger partial charge in [-0.1, -0.05) is 0 Å². The molecule has 5 nitrogen and oxygen atoms in total. The highest BCUT2D eigenvalue weighted by Gasteiger charge is 2.10. The van der Waals surface area contributed by atoms with Gasteiger partial charge in [0.15, 0.2) is 0 Å². The van der Waals surface area contributed by atoms with Gasteiger partial charge in [0.05, 0.1) is 10.6 Å². The first-order chi connectivity index (χ1) is 6.50.